The van der Waals surface area contributed by atoms with Crippen LogP contribution in [0.4, 0.5) is 4.39 Å². The number of hydrogen-bond acceptors (Lipinski definition) is 1. The zero-order valence-electron chi connectivity index (χ0n) is 7.43. The second-order valence-corrected chi connectivity index (χ2v) is 2.86. The summed E-state index contributed by atoms with van der Waals surface area (Å²) in [7, 11) is 0. The van der Waals surface area contributed by atoms with Gasteiger partial charge in [0.2, 0.25) is 0 Å². The molecule has 2 heteroatoms. The second kappa shape index (κ2) is 4.10. The minimum atomic E-state index is -0.438. The fraction of sp³-hybridized carbons (Fsp3) is 0.400. The maximum Gasteiger partial charge on any atom is 0.123 e. The molecule has 0 fully saturated rings. The molecule has 0 radical (unpaired) electrons. The van der Waals surface area contributed by atoms with Crippen molar-refractivity contribution in [1.29, 1.82) is 0 Å². The number of ether oxygens (including phenoxy) is 1. The molecular formula is C10H13FO. The van der Waals surface area contributed by atoms with Gasteiger partial charge < -0.3 is 4.74 Å². The van der Waals surface area contributed by atoms with Gasteiger partial charge >= 0.3 is 0 Å². The van der Waals surface area contributed by atoms with Crippen molar-refractivity contribution in [2.24, 2.45) is 0 Å². The average Bonchev–Trinajstić information content (AvgIpc) is 1.99. The van der Waals surface area contributed by atoms with E-state index in [2.05, 4.69) is 6.07 Å². The Morgan fingerprint density at radius 1 is 1.17 bits per heavy atom. The van der Waals surface area contributed by atoms with Crippen molar-refractivity contribution < 1.29 is 9.13 Å². The monoisotopic (exact) mass is 168 g/mol. The van der Waals surface area contributed by atoms with E-state index in [-0.39, 0.29) is 6.61 Å². The highest BCUT2D eigenvalue weighted by Crippen LogP contribution is 2.15. The lowest BCUT2D eigenvalue weighted by molar-refractivity contribution is 0.273. The summed E-state index contributed by atoms with van der Waals surface area (Å²) in [6.45, 7) is 3.69. The quantitative estimate of drug-likeness (QED) is 0.674. The molecule has 0 saturated carbocycles. The largest absolute Gasteiger partial charge is 0.491 e. The van der Waals surface area contributed by atoms with Gasteiger partial charge in [-0.25, -0.2) is 4.39 Å². The zero-order valence-corrected chi connectivity index (χ0v) is 7.43. The number of halogens is 1. The zero-order chi connectivity index (χ0) is 8.97. The van der Waals surface area contributed by atoms with E-state index in [9.17, 15) is 4.39 Å². The van der Waals surface area contributed by atoms with Gasteiger partial charge in [-0.2, -0.15) is 0 Å². The number of hydrogen-bond donors (Lipinski definition) is 0. The van der Waals surface area contributed by atoms with Crippen LogP contribution in [0.2, 0.25) is 0 Å². The summed E-state index contributed by atoms with van der Waals surface area (Å²) in [6, 6.07) is 5.87. The molecule has 0 spiro atoms. The van der Waals surface area contributed by atoms with E-state index in [1.54, 1.807) is 0 Å². The summed E-state index contributed by atoms with van der Waals surface area (Å²) in [5, 5.41) is 0. The fourth-order valence-corrected chi connectivity index (χ4v) is 1.17. The first-order valence-electron chi connectivity index (χ1n) is 3.99. The molecule has 12 heavy (non-hydrogen) atoms. The lowest BCUT2D eigenvalue weighted by atomic mass is 10.1. The van der Waals surface area contributed by atoms with Crippen LogP contribution in [0.25, 0.3) is 0 Å². The van der Waals surface area contributed by atoms with Crippen LogP contribution in [0, 0.1) is 13.8 Å². The lowest BCUT2D eigenvalue weighted by Gasteiger charge is -2.05. The Labute approximate surface area is 72.2 Å². The first-order valence-corrected chi connectivity index (χ1v) is 3.99. The first-order chi connectivity index (χ1) is 5.72. The first kappa shape index (κ1) is 9.04. The topological polar surface area (TPSA) is 9.23 Å². The molecule has 0 atom stereocenters. The Morgan fingerprint density at radius 3 is 2.25 bits per heavy atom. The molecule has 0 bridgehead atoms. The maximum absolute atomic E-state index is 11.8. The van der Waals surface area contributed by atoms with Gasteiger partial charge in [0.25, 0.3) is 0 Å². The highest BCUT2D eigenvalue weighted by Gasteiger charge is 1.95. The third-order valence-corrected chi connectivity index (χ3v) is 1.54. The standard InChI is InChI=1S/C10H13FO/c1-8-5-9(2)7-10(6-8)12-4-3-11/h5-7H,3-4H2,1-2H3. The summed E-state index contributed by atoms with van der Waals surface area (Å²) in [4.78, 5) is 0. The van der Waals surface area contributed by atoms with Gasteiger partial charge in [-0.1, -0.05) is 6.07 Å². The van der Waals surface area contributed by atoms with Gasteiger partial charge in [-0.15, -0.1) is 0 Å². The van der Waals surface area contributed by atoms with Crippen molar-refractivity contribution in [3.63, 3.8) is 0 Å². The third kappa shape index (κ3) is 2.53. The summed E-state index contributed by atoms with van der Waals surface area (Å²) in [5.41, 5.74) is 2.28. The summed E-state index contributed by atoms with van der Waals surface area (Å²) >= 11 is 0. The molecule has 0 amide bonds. The number of aryl methyl sites for hydroxylation is 2. The van der Waals surface area contributed by atoms with E-state index in [4.69, 9.17) is 4.74 Å². The van der Waals surface area contributed by atoms with E-state index in [1.165, 1.54) is 0 Å². The molecule has 0 aliphatic carbocycles. The SMILES string of the molecule is Cc1cc(C)cc(OCCF)c1. The van der Waals surface area contributed by atoms with E-state index < -0.39 is 6.67 Å². The Bertz CT molecular complexity index is 238. The van der Waals surface area contributed by atoms with Crippen LogP contribution in [-0.4, -0.2) is 13.3 Å². The molecule has 0 saturated heterocycles. The van der Waals surface area contributed by atoms with Crippen molar-refractivity contribution in [3.8, 4) is 5.75 Å². The van der Waals surface area contributed by atoms with E-state index in [0.717, 1.165) is 16.9 Å². The number of benzene rings is 1. The van der Waals surface area contributed by atoms with Gasteiger partial charge in [0, 0.05) is 0 Å². The molecule has 1 nitrogen and oxygen atoms in total. The van der Waals surface area contributed by atoms with E-state index in [1.807, 2.05) is 26.0 Å². The number of rotatable bonds is 3. The summed E-state index contributed by atoms with van der Waals surface area (Å²) in [5.74, 6) is 0.755. The van der Waals surface area contributed by atoms with Crippen molar-refractivity contribution in [2.75, 3.05) is 13.3 Å². The predicted molar refractivity (Wildman–Crippen MR) is 47.4 cm³/mol. The molecule has 0 N–H and O–H groups in total. The Hall–Kier alpha value is -1.05. The Morgan fingerprint density at radius 2 is 1.75 bits per heavy atom. The normalized spacial score (nSPS) is 9.92. The van der Waals surface area contributed by atoms with Crippen LogP contribution >= 0.6 is 0 Å². The van der Waals surface area contributed by atoms with Crippen molar-refractivity contribution in [1.82, 2.24) is 0 Å². The second-order valence-electron chi connectivity index (χ2n) is 2.86. The van der Waals surface area contributed by atoms with Crippen molar-refractivity contribution in [2.45, 2.75) is 13.8 Å². The lowest BCUT2D eigenvalue weighted by Crippen LogP contribution is -1.98. The molecule has 0 heterocycles. The molecule has 66 valence electrons. The molecular weight excluding hydrogens is 155 g/mol. The van der Waals surface area contributed by atoms with Crippen LogP contribution in [0.15, 0.2) is 18.2 Å². The van der Waals surface area contributed by atoms with Crippen LogP contribution in [-0.2, 0) is 0 Å². The number of alkyl halides is 1. The van der Waals surface area contributed by atoms with Gasteiger partial charge in [0.1, 0.15) is 19.0 Å². The molecule has 1 rings (SSSR count). The Balaban J connectivity index is 2.72. The molecule has 1 aromatic carbocycles. The van der Waals surface area contributed by atoms with Crippen molar-refractivity contribution in [3.05, 3.63) is 29.3 Å². The van der Waals surface area contributed by atoms with E-state index in [0.29, 0.717) is 0 Å². The summed E-state index contributed by atoms with van der Waals surface area (Å²) in [6.07, 6.45) is 0. The third-order valence-electron chi connectivity index (χ3n) is 1.54. The van der Waals surface area contributed by atoms with Crippen LogP contribution in [0.1, 0.15) is 11.1 Å². The molecule has 0 aliphatic rings. The minimum Gasteiger partial charge on any atom is -0.491 e. The van der Waals surface area contributed by atoms with Gasteiger partial charge in [-0.05, 0) is 37.1 Å². The van der Waals surface area contributed by atoms with Crippen LogP contribution < -0.4 is 4.74 Å². The van der Waals surface area contributed by atoms with Crippen LogP contribution in [0.3, 0.4) is 0 Å². The molecule has 0 unspecified atom stereocenters. The van der Waals surface area contributed by atoms with Gasteiger partial charge in [0.05, 0.1) is 0 Å². The molecule has 1 aromatic rings. The molecule has 0 aromatic heterocycles. The predicted octanol–water partition coefficient (Wildman–Crippen LogP) is 2.65. The minimum absolute atomic E-state index is 0.142. The highest BCUT2D eigenvalue weighted by molar-refractivity contribution is 5.32. The fourth-order valence-electron chi connectivity index (χ4n) is 1.17. The maximum atomic E-state index is 11.8. The average molecular weight is 168 g/mol. The van der Waals surface area contributed by atoms with E-state index >= 15 is 0 Å². The summed E-state index contributed by atoms with van der Waals surface area (Å²) < 4.78 is 16.9. The Kier molecular flexibility index (Phi) is 3.09. The van der Waals surface area contributed by atoms with Crippen LogP contribution in [0.5, 0.6) is 5.75 Å². The highest BCUT2D eigenvalue weighted by atomic mass is 19.1. The van der Waals surface area contributed by atoms with Gasteiger partial charge in [-0.3, -0.25) is 0 Å². The van der Waals surface area contributed by atoms with Gasteiger partial charge in [0.15, 0.2) is 0 Å². The van der Waals surface area contributed by atoms with Crippen molar-refractivity contribution >= 4 is 0 Å². The molecule has 0 aliphatic heterocycles. The smallest absolute Gasteiger partial charge is 0.123 e.